The minimum Gasteiger partial charge on any atom is -0.389 e. The molecule has 0 saturated heterocycles. The first kappa shape index (κ1) is 14.1. The van der Waals surface area contributed by atoms with Gasteiger partial charge in [-0.1, -0.05) is 24.3 Å². The number of nitrogens with zero attached hydrogens (tertiary/aromatic N) is 2. The van der Waals surface area contributed by atoms with Gasteiger partial charge in [-0.25, -0.2) is 0 Å². The molecule has 2 aromatic rings. The monoisotopic (exact) mass is 266 g/mol. The van der Waals surface area contributed by atoms with Gasteiger partial charge in [0.2, 0.25) is 0 Å². The predicted molar refractivity (Wildman–Crippen MR) is 81.0 cm³/mol. The molecule has 3 nitrogen and oxygen atoms in total. The van der Waals surface area contributed by atoms with E-state index in [1.807, 2.05) is 55.3 Å². The first-order valence-electron chi connectivity index (χ1n) is 6.56. The van der Waals surface area contributed by atoms with Gasteiger partial charge in [-0.15, -0.1) is 0 Å². The summed E-state index contributed by atoms with van der Waals surface area (Å²) in [4.78, 5) is 2.01. The lowest BCUT2D eigenvalue weighted by Gasteiger charge is -2.25. The van der Waals surface area contributed by atoms with Gasteiger partial charge in [0.15, 0.2) is 0 Å². The lowest BCUT2D eigenvalue weighted by molar-refractivity contribution is 0.200. The van der Waals surface area contributed by atoms with E-state index < -0.39 is 6.10 Å². The Labute approximate surface area is 119 Å². The van der Waals surface area contributed by atoms with Crippen molar-refractivity contribution in [3.05, 3.63) is 59.2 Å². The van der Waals surface area contributed by atoms with Crippen LogP contribution in [0.25, 0.3) is 0 Å². The van der Waals surface area contributed by atoms with Crippen LogP contribution < -0.4 is 4.90 Å². The highest BCUT2D eigenvalue weighted by molar-refractivity contribution is 5.70. The van der Waals surface area contributed by atoms with Crippen LogP contribution in [0.5, 0.6) is 0 Å². The van der Waals surface area contributed by atoms with Crippen LogP contribution in [-0.2, 0) is 0 Å². The molecule has 0 aliphatic rings. The van der Waals surface area contributed by atoms with E-state index in [9.17, 15) is 5.11 Å². The topological polar surface area (TPSA) is 47.3 Å². The molecule has 0 aliphatic carbocycles. The molecular weight excluding hydrogens is 248 g/mol. The minimum absolute atomic E-state index is 0.579. The van der Waals surface area contributed by atoms with Crippen molar-refractivity contribution in [1.82, 2.24) is 0 Å². The number of benzene rings is 2. The molecule has 3 heteroatoms. The van der Waals surface area contributed by atoms with Crippen molar-refractivity contribution in [3.63, 3.8) is 0 Å². The normalized spacial score (nSPS) is 11.8. The Morgan fingerprint density at radius 3 is 2.45 bits per heavy atom. The molecule has 0 aliphatic heterocycles. The van der Waals surface area contributed by atoms with E-state index in [1.165, 1.54) is 0 Å². The van der Waals surface area contributed by atoms with Crippen molar-refractivity contribution in [2.24, 2.45) is 0 Å². The van der Waals surface area contributed by atoms with E-state index in [-0.39, 0.29) is 0 Å². The zero-order chi connectivity index (χ0) is 14.7. The largest absolute Gasteiger partial charge is 0.389 e. The molecule has 0 amide bonds. The smallest absolute Gasteiger partial charge is 0.0992 e. The second kappa shape index (κ2) is 5.77. The quantitative estimate of drug-likeness (QED) is 0.921. The van der Waals surface area contributed by atoms with Crippen LogP contribution in [0.1, 0.15) is 29.7 Å². The van der Waals surface area contributed by atoms with E-state index in [2.05, 4.69) is 6.07 Å². The number of aryl methyl sites for hydroxylation is 1. The summed E-state index contributed by atoms with van der Waals surface area (Å²) in [6, 6.07) is 15.6. The number of para-hydroxylation sites is 1. The summed E-state index contributed by atoms with van der Waals surface area (Å²) < 4.78 is 0. The third-order valence-electron chi connectivity index (χ3n) is 3.45. The van der Waals surface area contributed by atoms with Crippen molar-refractivity contribution in [2.45, 2.75) is 20.0 Å². The zero-order valence-corrected chi connectivity index (χ0v) is 12.0. The average Bonchev–Trinajstić information content (AvgIpc) is 2.46. The molecule has 0 heterocycles. The van der Waals surface area contributed by atoms with Gasteiger partial charge in [-0.05, 0) is 37.6 Å². The van der Waals surface area contributed by atoms with Gasteiger partial charge in [-0.2, -0.15) is 5.26 Å². The predicted octanol–water partition coefficient (Wildman–Crippen LogP) is 3.69. The average molecular weight is 266 g/mol. The van der Waals surface area contributed by atoms with E-state index in [0.29, 0.717) is 5.56 Å². The fraction of sp³-hybridized carbons (Fsp3) is 0.235. The summed E-state index contributed by atoms with van der Waals surface area (Å²) in [7, 11) is 1.95. The molecule has 0 spiro atoms. The first-order chi connectivity index (χ1) is 9.54. The Morgan fingerprint density at radius 2 is 1.85 bits per heavy atom. The Balaban J connectivity index is 2.56. The number of aliphatic hydroxyl groups is 1. The van der Waals surface area contributed by atoms with Crippen LogP contribution in [0.15, 0.2) is 42.5 Å². The van der Waals surface area contributed by atoms with Crippen LogP contribution in [-0.4, -0.2) is 12.2 Å². The zero-order valence-electron chi connectivity index (χ0n) is 12.0. The van der Waals surface area contributed by atoms with Crippen molar-refractivity contribution in [1.29, 1.82) is 5.26 Å². The van der Waals surface area contributed by atoms with Crippen molar-refractivity contribution < 1.29 is 5.11 Å². The fourth-order valence-electron chi connectivity index (χ4n) is 2.33. The highest BCUT2D eigenvalue weighted by atomic mass is 16.3. The lowest BCUT2D eigenvalue weighted by Crippen LogP contribution is -2.14. The van der Waals surface area contributed by atoms with E-state index in [0.717, 1.165) is 22.5 Å². The summed E-state index contributed by atoms with van der Waals surface area (Å²) in [5, 5.41) is 19.0. The molecule has 0 radical (unpaired) electrons. The number of anilines is 2. The molecule has 0 saturated carbocycles. The maximum atomic E-state index is 9.92. The number of rotatable bonds is 3. The Hall–Kier alpha value is -2.31. The van der Waals surface area contributed by atoms with Crippen molar-refractivity contribution >= 4 is 11.4 Å². The maximum Gasteiger partial charge on any atom is 0.0992 e. The number of hydrogen-bond acceptors (Lipinski definition) is 3. The van der Waals surface area contributed by atoms with Crippen LogP contribution in [0, 0.1) is 18.3 Å². The summed E-state index contributed by atoms with van der Waals surface area (Å²) in [6.45, 7) is 3.78. The van der Waals surface area contributed by atoms with Crippen LogP contribution in [0.2, 0.25) is 0 Å². The fourth-order valence-corrected chi connectivity index (χ4v) is 2.33. The second-order valence-corrected chi connectivity index (χ2v) is 4.91. The lowest BCUT2D eigenvalue weighted by atomic mass is 10.0. The molecule has 0 aromatic heterocycles. The van der Waals surface area contributed by atoms with Gasteiger partial charge in [0, 0.05) is 24.0 Å². The third-order valence-corrected chi connectivity index (χ3v) is 3.45. The Kier molecular flexibility index (Phi) is 4.07. The molecule has 1 N–H and O–H groups in total. The summed E-state index contributed by atoms with van der Waals surface area (Å²) in [5.74, 6) is 0. The molecule has 2 rings (SSSR count). The van der Waals surface area contributed by atoms with Gasteiger partial charge in [0.1, 0.15) is 0 Å². The number of nitriles is 1. The molecule has 0 bridgehead atoms. The summed E-state index contributed by atoms with van der Waals surface area (Å²) >= 11 is 0. The van der Waals surface area contributed by atoms with E-state index in [1.54, 1.807) is 13.0 Å². The molecule has 0 fully saturated rings. The Bertz CT molecular complexity index is 656. The minimum atomic E-state index is -0.579. The second-order valence-electron chi connectivity index (χ2n) is 4.91. The molecule has 1 atom stereocenters. The molecule has 1 unspecified atom stereocenters. The summed E-state index contributed by atoms with van der Waals surface area (Å²) in [5.41, 5.74) is 4.46. The van der Waals surface area contributed by atoms with Crippen LogP contribution in [0.4, 0.5) is 11.4 Å². The molecule has 2 aromatic carbocycles. The van der Waals surface area contributed by atoms with E-state index >= 15 is 0 Å². The number of aliphatic hydroxyl groups excluding tert-OH is 1. The standard InChI is InChI=1S/C17H18N2O/c1-12-6-4-5-7-16(12)19(3)17-10-14(11-18)8-9-15(17)13(2)20/h4-10,13,20H,1-3H3. The molecule has 102 valence electrons. The van der Waals surface area contributed by atoms with Crippen molar-refractivity contribution in [3.8, 4) is 6.07 Å². The van der Waals surface area contributed by atoms with Gasteiger partial charge in [0.25, 0.3) is 0 Å². The van der Waals surface area contributed by atoms with Crippen molar-refractivity contribution in [2.75, 3.05) is 11.9 Å². The highest BCUT2D eigenvalue weighted by Gasteiger charge is 2.15. The SMILES string of the molecule is Cc1ccccc1N(C)c1cc(C#N)ccc1C(C)O. The molecule has 20 heavy (non-hydrogen) atoms. The third kappa shape index (κ3) is 2.66. The van der Waals surface area contributed by atoms with Gasteiger partial charge < -0.3 is 10.0 Å². The highest BCUT2D eigenvalue weighted by Crippen LogP contribution is 2.33. The maximum absolute atomic E-state index is 9.92. The van der Waals surface area contributed by atoms with Gasteiger partial charge >= 0.3 is 0 Å². The first-order valence-corrected chi connectivity index (χ1v) is 6.56. The van der Waals surface area contributed by atoms with Crippen LogP contribution >= 0.6 is 0 Å². The Morgan fingerprint density at radius 1 is 1.15 bits per heavy atom. The number of hydrogen-bond donors (Lipinski definition) is 1. The summed E-state index contributed by atoms with van der Waals surface area (Å²) in [6.07, 6.45) is -0.579. The molecular formula is C17H18N2O. The van der Waals surface area contributed by atoms with Crippen LogP contribution in [0.3, 0.4) is 0 Å². The van der Waals surface area contributed by atoms with Gasteiger partial charge in [0.05, 0.1) is 17.7 Å². The van der Waals surface area contributed by atoms with Gasteiger partial charge in [-0.3, -0.25) is 0 Å². The van der Waals surface area contributed by atoms with E-state index in [4.69, 9.17) is 5.26 Å².